The number of aliphatic hydroxyl groups is 1. The Labute approximate surface area is 212 Å². The summed E-state index contributed by atoms with van der Waals surface area (Å²) in [5.41, 5.74) is 4.46. The lowest BCUT2D eigenvalue weighted by Gasteiger charge is -2.36. The van der Waals surface area contributed by atoms with E-state index in [4.69, 9.17) is 5.10 Å². The second kappa shape index (κ2) is 10.1. The zero-order chi connectivity index (χ0) is 25.4. The van der Waals surface area contributed by atoms with Gasteiger partial charge < -0.3 is 14.9 Å². The van der Waals surface area contributed by atoms with Crippen LogP contribution in [0.25, 0.3) is 0 Å². The van der Waals surface area contributed by atoms with Crippen LogP contribution in [0.2, 0.25) is 0 Å². The van der Waals surface area contributed by atoms with Crippen LogP contribution in [-0.4, -0.2) is 64.1 Å². The van der Waals surface area contributed by atoms with Gasteiger partial charge in [-0.05, 0) is 94.4 Å². The van der Waals surface area contributed by atoms with Crippen molar-refractivity contribution in [2.45, 2.75) is 77.4 Å². The number of halogens is 2. The third-order valence-corrected chi connectivity index (χ3v) is 8.84. The Kier molecular flexibility index (Phi) is 7.07. The minimum absolute atomic E-state index is 0.0777. The first-order chi connectivity index (χ1) is 17.3. The number of carbonyl (C=O) groups is 1. The van der Waals surface area contributed by atoms with Gasteiger partial charge in [0.25, 0.3) is 5.91 Å². The number of rotatable bonds is 6. The number of likely N-dealkylation sites (tertiary alicyclic amines) is 1. The first kappa shape index (κ1) is 25.2. The smallest absolute Gasteiger partial charge is 0.274 e. The lowest BCUT2D eigenvalue weighted by atomic mass is 9.92. The number of aromatic nitrogens is 2. The Balaban J connectivity index is 1.19. The summed E-state index contributed by atoms with van der Waals surface area (Å²) in [7, 11) is 0. The van der Waals surface area contributed by atoms with Crippen molar-refractivity contribution in [3.05, 3.63) is 46.0 Å². The first-order valence-electron chi connectivity index (χ1n) is 13.5. The molecule has 2 aromatic rings. The van der Waals surface area contributed by atoms with E-state index in [9.17, 15) is 18.7 Å². The number of anilines is 1. The fraction of sp³-hybridized carbons (Fsp3) is 0.643. The van der Waals surface area contributed by atoms with Crippen LogP contribution in [0.1, 0.15) is 71.4 Å². The van der Waals surface area contributed by atoms with Crippen molar-refractivity contribution in [2.75, 3.05) is 37.8 Å². The molecule has 2 saturated heterocycles. The van der Waals surface area contributed by atoms with Crippen LogP contribution in [0.4, 0.5) is 14.5 Å². The average Bonchev–Trinajstić information content (AvgIpc) is 3.50. The van der Waals surface area contributed by atoms with E-state index in [1.165, 1.54) is 5.69 Å². The van der Waals surface area contributed by atoms with Gasteiger partial charge in [-0.1, -0.05) is 0 Å². The van der Waals surface area contributed by atoms with E-state index in [0.29, 0.717) is 24.7 Å². The minimum Gasteiger partial charge on any atom is -0.387 e. The summed E-state index contributed by atoms with van der Waals surface area (Å²) in [6.07, 6.45) is 6.65. The van der Waals surface area contributed by atoms with Gasteiger partial charge in [-0.25, -0.2) is 8.78 Å². The molecule has 0 bridgehead atoms. The number of fused-ring (bicyclic) bond motifs is 1. The highest BCUT2D eigenvalue weighted by Crippen LogP contribution is 2.32. The first-order valence-corrected chi connectivity index (χ1v) is 13.5. The van der Waals surface area contributed by atoms with Crippen LogP contribution in [-0.2, 0) is 19.4 Å². The average molecular weight is 501 g/mol. The van der Waals surface area contributed by atoms with Crippen LogP contribution in [0, 0.1) is 25.6 Å². The third-order valence-electron chi connectivity index (χ3n) is 8.84. The van der Waals surface area contributed by atoms with Crippen molar-refractivity contribution >= 4 is 11.6 Å². The third kappa shape index (κ3) is 4.76. The van der Waals surface area contributed by atoms with Crippen LogP contribution in [0.3, 0.4) is 0 Å². The fourth-order valence-corrected chi connectivity index (χ4v) is 6.16. The van der Waals surface area contributed by atoms with Gasteiger partial charge in [-0.3, -0.25) is 9.48 Å². The van der Waals surface area contributed by atoms with Crippen LogP contribution in [0.15, 0.2) is 12.1 Å². The molecule has 1 aromatic heterocycles. The molecule has 5 rings (SSSR count). The summed E-state index contributed by atoms with van der Waals surface area (Å²) < 4.78 is 29.0. The van der Waals surface area contributed by atoms with Crippen LogP contribution in [0.5, 0.6) is 0 Å². The van der Waals surface area contributed by atoms with Gasteiger partial charge >= 0.3 is 0 Å². The van der Waals surface area contributed by atoms with Gasteiger partial charge in [-0.2, -0.15) is 5.10 Å². The van der Waals surface area contributed by atoms with Crippen molar-refractivity contribution in [1.29, 1.82) is 0 Å². The summed E-state index contributed by atoms with van der Waals surface area (Å²) in [4.78, 5) is 17.4. The molecule has 0 spiro atoms. The number of aryl methyl sites for hydroxylation is 1. The predicted octanol–water partition coefficient (Wildman–Crippen LogP) is 4.37. The quantitative estimate of drug-likeness (QED) is 0.640. The van der Waals surface area contributed by atoms with E-state index in [1.54, 1.807) is 11.0 Å². The van der Waals surface area contributed by atoms with E-state index in [-0.39, 0.29) is 24.6 Å². The van der Waals surface area contributed by atoms with Crippen LogP contribution < -0.4 is 4.90 Å². The second-order valence-corrected chi connectivity index (χ2v) is 11.0. The maximum Gasteiger partial charge on any atom is 0.274 e. The van der Waals surface area contributed by atoms with Crippen molar-refractivity contribution in [3.8, 4) is 0 Å². The molecule has 196 valence electrons. The Hall–Kier alpha value is -2.48. The van der Waals surface area contributed by atoms with Gasteiger partial charge in [0, 0.05) is 49.7 Å². The Bertz CT molecular complexity index is 1120. The number of nitrogens with zero attached hydrogens (tertiary/aromatic N) is 4. The van der Waals surface area contributed by atoms with Crippen LogP contribution >= 0.6 is 0 Å². The van der Waals surface area contributed by atoms with Gasteiger partial charge in [0.05, 0.1) is 5.60 Å². The SMILES string of the molecule is Cc1c(F)ccc(N2CCC(CCn3nc(C(=O)N4CCC(O)(CF)CC4)c4c3CCC4)CC2)c1C. The summed E-state index contributed by atoms with van der Waals surface area (Å²) in [5, 5.41) is 15.0. The van der Waals surface area contributed by atoms with Gasteiger partial charge in [-0.15, -0.1) is 0 Å². The topological polar surface area (TPSA) is 61.6 Å². The van der Waals surface area contributed by atoms with Crippen molar-refractivity contribution in [1.82, 2.24) is 14.7 Å². The molecule has 0 unspecified atom stereocenters. The minimum atomic E-state index is -1.29. The Morgan fingerprint density at radius 3 is 2.53 bits per heavy atom. The second-order valence-electron chi connectivity index (χ2n) is 11.0. The number of alkyl halides is 1. The molecule has 8 heteroatoms. The molecule has 0 atom stereocenters. The maximum absolute atomic E-state index is 13.9. The molecule has 0 saturated carbocycles. The molecule has 2 fully saturated rings. The van der Waals surface area contributed by atoms with E-state index in [2.05, 4.69) is 9.58 Å². The number of carbonyl (C=O) groups excluding carboxylic acids is 1. The number of hydrogen-bond acceptors (Lipinski definition) is 4. The number of hydrogen-bond donors (Lipinski definition) is 1. The molecule has 1 N–H and O–H groups in total. The molecule has 3 heterocycles. The van der Waals surface area contributed by atoms with Gasteiger partial charge in [0.2, 0.25) is 0 Å². The molecule has 6 nitrogen and oxygen atoms in total. The van der Waals surface area contributed by atoms with E-state index in [0.717, 1.165) is 80.5 Å². The largest absolute Gasteiger partial charge is 0.387 e. The van der Waals surface area contributed by atoms with E-state index < -0.39 is 12.3 Å². The normalized spacial score (nSPS) is 20.1. The molecule has 0 radical (unpaired) electrons. The number of amides is 1. The summed E-state index contributed by atoms with van der Waals surface area (Å²) in [6, 6.07) is 3.48. The van der Waals surface area contributed by atoms with E-state index >= 15 is 0 Å². The highest BCUT2D eigenvalue weighted by molar-refractivity contribution is 5.94. The Morgan fingerprint density at radius 1 is 1.11 bits per heavy atom. The van der Waals surface area contributed by atoms with Crippen molar-refractivity contribution in [2.24, 2.45) is 5.92 Å². The molecule has 2 aliphatic heterocycles. The van der Waals surface area contributed by atoms with E-state index in [1.807, 2.05) is 19.9 Å². The molecule has 1 aromatic carbocycles. The summed E-state index contributed by atoms with van der Waals surface area (Å²) in [6.45, 7) is 6.58. The molecule has 1 amide bonds. The monoisotopic (exact) mass is 500 g/mol. The van der Waals surface area contributed by atoms with Gasteiger partial charge in [0.15, 0.2) is 5.69 Å². The number of benzene rings is 1. The lowest BCUT2D eigenvalue weighted by molar-refractivity contribution is -0.0335. The highest BCUT2D eigenvalue weighted by Gasteiger charge is 2.36. The molecule has 1 aliphatic carbocycles. The number of piperidine rings is 2. The zero-order valence-electron chi connectivity index (χ0n) is 21.5. The molecular formula is C28H38F2N4O2. The molecule has 36 heavy (non-hydrogen) atoms. The summed E-state index contributed by atoms with van der Waals surface area (Å²) in [5.74, 6) is 0.382. The van der Waals surface area contributed by atoms with Crippen molar-refractivity contribution < 1.29 is 18.7 Å². The Morgan fingerprint density at radius 2 is 1.83 bits per heavy atom. The zero-order valence-corrected chi connectivity index (χ0v) is 21.5. The maximum atomic E-state index is 13.9. The summed E-state index contributed by atoms with van der Waals surface area (Å²) >= 11 is 0. The van der Waals surface area contributed by atoms with Crippen molar-refractivity contribution in [3.63, 3.8) is 0 Å². The van der Waals surface area contributed by atoms with Gasteiger partial charge in [0.1, 0.15) is 12.5 Å². The highest BCUT2D eigenvalue weighted by atomic mass is 19.1. The standard InChI is InChI=1S/C28H38F2N4O2/c1-19-20(2)24(7-6-23(19)30)32-13-8-21(9-14-32)10-15-34-25-5-3-4-22(25)26(31-34)27(35)33-16-11-28(36,18-29)12-17-33/h6-7,21,36H,3-5,8-18H2,1-2H3. The lowest BCUT2D eigenvalue weighted by Crippen LogP contribution is -2.48. The molecular weight excluding hydrogens is 462 g/mol. The predicted molar refractivity (Wildman–Crippen MR) is 136 cm³/mol. The fourth-order valence-electron chi connectivity index (χ4n) is 6.16. The molecule has 3 aliphatic rings.